The number of ether oxygens (including phenoxy) is 2. The number of methoxy groups -OCH3 is 1. The maximum Gasteiger partial charge on any atom is 0.414 e. The third kappa shape index (κ3) is 4.03. The van der Waals surface area contributed by atoms with Crippen molar-refractivity contribution in [2.45, 2.75) is 6.54 Å². The van der Waals surface area contributed by atoms with Gasteiger partial charge in [0.25, 0.3) is 0 Å². The Morgan fingerprint density at radius 1 is 1.30 bits per heavy atom. The Kier molecular flexibility index (Phi) is 5.48. The molecule has 1 fully saturated rings. The number of cyclic esters (lactones) is 1. The van der Waals surface area contributed by atoms with Crippen molar-refractivity contribution >= 4 is 35.6 Å². The number of hydrogen-bond donors (Lipinski definition) is 2. The first-order chi connectivity index (χ1) is 14.5. The molecule has 0 radical (unpaired) electrons. The number of anilines is 2. The molecule has 154 valence electrons. The average Bonchev–Trinajstić information content (AvgIpc) is 3.34. The van der Waals surface area contributed by atoms with Crippen LogP contribution in [0.2, 0.25) is 0 Å². The minimum absolute atomic E-state index is 0.0212. The van der Waals surface area contributed by atoms with Crippen LogP contribution in [0.5, 0.6) is 5.75 Å². The van der Waals surface area contributed by atoms with Crippen molar-refractivity contribution in [3.05, 3.63) is 53.3 Å². The lowest BCUT2D eigenvalue weighted by Crippen LogP contribution is -2.24. The fourth-order valence-electron chi connectivity index (χ4n) is 3.15. The molecule has 1 aliphatic heterocycles. The van der Waals surface area contributed by atoms with Crippen LogP contribution in [0.1, 0.15) is 0 Å². The van der Waals surface area contributed by atoms with Crippen molar-refractivity contribution in [3.8, 4) is 17.1 Å². The molecule has 9 nitrogen and oxygen atoms in total. The van der Waals surface area contributed by atoms with E-state index in [1.54, 1.807) is 35.9 Å². The Labute approximate surface area is 177 Å². The van der Waals surface area contributed by atoms with Gasteiger partial charge in [-0.2, -0.15) is 5.10 Å². The fourth-order valence-corrected chi connectivity index (χ4v) is 3.35. The third-order valence-corrected chi connectivity index (χ3v) is 4.92. The molecule has 1 aliphatic rings. The normalized spacial score (nSPS) is 13.2. The number of hydrogen-bond acceptors (Lipinski definition) is 6. The Hall–Kier alpha value is -3.66. The van der Waals surface area contributed by atoms with Gasteiger partial charge in [0.2, 0.25) is 5.91 Å². The highest BCUT2D eigenvalue weighted by molar-refractivity contribution is 7.71. The van der Waals surface area contributed by atoms with Crippen LogP contribution in [0.4, 0.5) is 16.2 Å². The van der Waals surface area contributed by atoms with Gasteiger partial charge in [-0.05, 0) is 54.7 Å². The topological polar surface area (TPSA) is 101 Å². The number of nitrogens with one attached hydrogen (secondary N) is 2. The van der Waals surface area contributed by atoms with E-state index in [2.05, 4.69) is 15.5 Å². The summed E-state index contributed by atoms with van der Waals surface area (Å²) in [6, 6.07) is 14.3. The molecule has 0 unspecified atom stereocenters. The zero-order chi connectivity index (χ0) is 21.1. The van der Waals surface area contributed by atoms with Crippen LogP contribution in [-0.2, 0) is 16.1 Å². The highest BCUT2D eigenvalue weighted by Crippen LogP contribution is 2.23. The van der Waals surface area contributed by atoms with E-state index in [1.165, 1.54) is 4.90 Å². The van der Waals surface area contributed by atoms with Crippen LogP contribution in [0.3, 0.4) is 0 Å². The van der Waals surface area contributed by atoms with Crippen LogP contribution in [0, 0.1) is 4.77 Å². The monoisotopic (exact) mass is 425 g/mol. The first-order valence-corrected chi connectivity index (χ1v) is 9.60. The SMILES string of the molecule is COc1ccc(-c2n[nH]c(=S)n2CC(=O)Nc2cccc(N3CCOC3=O)c2)cc1. The number of carbonyl (C=O) groups excluding carboxylic acids is 2. The quantitative estimate of drug-likeness (QED) is 0.588. The second-order valence-corrected chi connectivity index (χ2v) is 6.92. The van der Waals surface area contributed by atoms with Crippen LogP contribution < -0.4 is 15.0 Å². The van der Waals surface area contributed by atoms with E-state index >= 15 is 0 Å². The number of H-pyrrole nitrogens is 1. The number of aromatic nitrogens is 3. The summed E-state index contributed by atoms with van der Waals surface area (Å²) in [5, 5.41) is 9.81. The minimum Gasteiger partial charge on any atom is -0.497 e. The molecular formula is C20H19N5O4S. The van der Waals surface area contributed by atoms with E-state index < -0.39 is 6.09 Å². The molecule has 0 aliphatic carbocycles. The first kappa shape index (κ1) is 19.6. The Morgan fingerprint density at radius 2 is 2.10 bits per heavy atom. The molecule has 0 saturated carbocycles. The van der Waals surface area contributed by atoms with Gasteiger partial charge in [-0.3, -0.25) is 19.4 Å². The van der Waals surface area contributed by atoms with Crippen LogP contribution in [0.15, 0.2) is 48.5 Å². The maximum atomic E-state index is 12.7. The van der Waals surface area contributed by atoms with Gasteiger partial charge in [-0.25, -0.2) is 4.79 Å². The second-order valence-electron chi connectivity index (χ2n) is 6.53. The molecular weight excluding hydrogens is 406 g/mol. The van der Waals surface area contributed by atoms with Crippen LogP contribution >= 0.6 is 12.2 Å². The van der Waals surface area contributed by atoms with Crippen molar-refractivity contribution in [2.75, 3.05) is 30.5 Å². The minimum atomic E-state index is -0.396. The number of rotatable bonds is 6. The second kappa shape index (κ2) is 8.37. The molecule has 2 aromatic carbocycles. The zero-order valence-electron chi connectivity index (χ0n) is 16.1. The Bertz CT molecular complexity index is 1140. The molecule has 10 heteroatoms. The number of benzene rings is 2. The predicted molar refractivity (Wildman–Crippen MR) is 113 cm³/mol. The smallest absolute Gasteiger partial charge is 0.414 e. The standard InChI is InChI=1S/C20H19N5O4S/c1-28-16-7-5-13(6-8-16)18-22-23-19(30)25(18)12-17(26)21-14-3-2-4-15(11-14)24-9-10-29-20(24)27/h2-8,11H,9-10,12H2,1H3,(H,21,26)(H,23,30). The fraction of sp³-hybridized carbons (Fsp3) is 0.200. The largest absolute Gasteiger partial charge is 0.497 e. The molecule has 3 aromatic rings. The summed E-state index contributed by atoms with van der Waals surface area (Å²) in [7, 11) is 1.59. The van der Waals surface area contributed by atoms with Gasteiger partial charge in [0.05, 0.1) is 13.7 Å². The zero-order valence-corrected chi connectivity index (χ0v) is 16.9. The lowest BCUT2D eigenvalue weighted by Gasteiger charge is -2.14. The summed E-state index contributed by atoms with van der Waals surface area (Å²) in [4.78, 5) is 25.9. The van der Waals surface area contributed by atoms with Crippen molar-refractivity contribution in [2.24, 2.45) is 0 Å². The van der Waals surface area contributed by atoms with Crippen LogP contribution in [0.25, 0.3) is 11.4 Å². The van der Waals surface area contributed by atoms with Gasteiger partial charge < -0.3 is 14.8 Å². The van der Waals surface area contributed by atoms with Crippen molar-refractivity contribution < 1.29 is 19.1 Å². The lowest BCUT2D eigenvalue weighted by molar-refractivity contribution is -0.116. The molecule has 2 amide bonds. The van der Waals surface area contributed by atoms with Crippen LogP contribution in [-0.4, -0.2) is 47.0 Å². The van der Waals surface area contributed by atoms with E-state index in [0.29, 0.717) is 35.1 Å². The molecule has 1 aromatic heterocycles. The van der Waals surface area contributed by atoms with Gasteiger partial charge in [-0.15, -0.1) is 0 Å². The number of nitrogens with zero attached hydrogens (tertiary/aromatic N) is 3. The predicted octanol–water partition coefficient (Wildman–Crippen LogP) is 3.21. The maximum absolute atomic E-state index is 12.7. The van der Waals surface area contributed by atoms with E-state index in [9.17, 15) is 9.59 Å². The molecule has 30 heavy (non-hydrogen) atoms. The summed E-state index contributed by atoms with van der Waals surface area (Å²) in [6.07, 6.45) is -0.396. The van der Waals surface area contributed by atoms with E-state index in [4.69, 9.17) is 21.7 Å². The highest BCUT2D eigenvalue weighted by atomic mass is 32.1. The summed E-state index contributed by atoms with van der Waals surface area (Å²) < 4.78 is 12.1. The summed E-state index contributed by atoms with van der Waals surface area (Å²) in [6.45, 7) is 0.806. The average molecular weight is 425 g/mol. The van der Waals surface area contributed by atoms with Crippen molar-refractivity contribution in [3.63, 3.8) is 0 Å². The van der Waals surface area contributed by atoms with E-state index in [-0.39, 0.29) is 12.5 Å². The molecule has 0 bridgehead atoms. The van der Waals surface area contributed by atoms with Gasteiger partial charge >= 0.3 is 6.09 Å². The molecule has 4 rings (SSSR count). The molecule has 2 heterocycles. The molecule has 2 N–H and O–H groups in total. The van der Waals surface area contributed by atoms with E-state index in [1.807, 2.05) is 24.3 Å². The lowest BCUT2D eigenvalue weighted by atomic mass is 10.2. The highest BCUT2D eigenvalue weighted by Gasteiger charge is 2.23. The third-order valence-electron chi connectivity index (χ3n) is 4.61. The Morgan fingerprint density at radius 3 is 2.80 bits per heavy atom. The first-order valence-electron chi connectivity index (χ1n) is 9.19. The summed E-state index contributed by atoms with van der Waals surface area (Å²) in [5.74, 6) is 0.994. The molecule has 0 spiro atoms. The molecule has 1 saturated heterocycles. The van der Waals surface area contributed by atoms with Gasteiger partial charge in [0.1, 0.15) is 18.9 Å². The number of carbonyl (C=O) groups is 2. The van der Waals surface area contributed by atoms with Gasteiger partial charge in [0.15, 0.2) is 10.6 Å². The van der Waals surface area contributed by atoms with Crippen molar-refractivity contribution in [1.82, 2.24) is 14.8 Å². The summed E-state index contributed by atoms with van der Waals surface area (Å²) in [5.41, 5.74) is 2.03. The Balaban J connectivity index is 1.50. The van der Waals surface area contributed by atoms with Gasteiger partial charge in [-0.1, -0.05) is 6.07 Å². The van der Waals surface area contributed by atoms with Crippen molar-refractivity contribution in [1.29, 1.82) is 0 Å². The molecule has 0 atom stereocenters. The van der Waals surface area contributed by atoms with Gasteiger partial charge in [0, 0.05) is 16.9 Å². The number of aromatic amines is 1. The van der Waals surface area contributed by atoms with E-state index in [0.717, 1.165) is 11.3 Å². The number of amides is 2. The summed E-state index contributed by atoms with van der Waals surface area (Å²) >= 11 is 5.29.